The van der Waals surface area contributed by atoms with Gasteiger partial charge in [0.2, 0.25) is 0 Å². The van der Waals surface area contributed by atoms with Crippen molar-refractivity contribution in [3.63, 3.8) is 0 Å². The first-order chi connectivity index (χ1) is 10.6. The van der Waals surface area contributed by atoms with Crippen LogP contribution in [0.2, 0.25) is 0 Å². The number of hydrazone groups is 1. The Hall–Kier alpha value is -2.76. The topological polar surface area (TPSA) is 58.9 Å². The highest BCUT2D eigenvalue weighted by molar-refractivity contribution is 5.81. The zero-order valence-electron chi connectivity index (χ0n) is 13.0. The summed E-state index contributed by atoms with van der Waals surface area (Å²) in [6.07, 6.45) is 3.49. The van der Waals surface area contributed by atoms with Crippen molar-refractivity contribution in [1.29, 1.82) is 0 Å². The van der Waals surface area contributed by atoms with E-state index < -0.39 is 0 Å². The Morgan fingerprint density at radius 3 is 2.86 bits per heavy atom. The third-order valence-electron chi connectivity index (χ3n) is 3.07. The van der Waals surface area contributed by atoms with Crippen LogP contribution in [0.25, 0.3) is 0 Å². The number of anilines is 1. The van der Waals surface area contributed by atoms with Crippen LogP contribution in [0.15, 0.2) is 47.7 Å². The number of nitrogens with one attached hydrogen (secondary N) is 1. The lowest BCUT2D eigenvalue weighted by Gasteiger charge is -2.13. The minimum Gasteiger partial charge on any atom is -0.484 e. The number of amides is 1. The number of hydrogen-bond donors (Lipinski definition) is 1. The van der Waals surface area contributed by atoms with Crippen molar-refractivity contribution >= 4 is 17.8 Å². The van der Waals surface area contributed by atoms with Gasteiger partial charge in [0.05, 0.1) is 11.9 Å². The van der Waals surface area contributed by atoms with Crippen LogP contribution in [-0.4, -0.2) is 37.4 Å². The van der Waals surface area contributed by atoms with Gasteiger partial charge < -0.3 is 14.2 Å². The first kappa shape index (κ1) is 15.6. The van der Waals surface area contributed by atoms with Gasteiger partial charge in [-0.1, -0.05) is 6.07 Å². The molecule has 0 fully saturated rings. The van der Waals surface area contributed by atoms with E-state index in [-0.39, 0.29) is 12.5 Å². The second-order valence-corrected chi connectivity index (χ2v) is 5.02. The number of aryl methyl sites for hydroxylation is 1. The van der Waals surface area contributed by atoms with Gasteiger partial charge in [0.25, 0.3) is 5.91 Å². The standard InChI is InChI=1S/C16H20N4O2/c1-19(2)13-6-4-8-15(10-13)22-12-16(21)18-17-11-14-7-5-9-20(14)3/h4-11H,12H2,1-3H3,(H,18,21)/b17-11+. The van der Waals surface area contributed by atoms with Gasteiger partial charge in [0.1, 0.15) is 5.75 Å². The molecule has 1 heterocycles. The van der Waals surface area contributed by atoms with Crippen LogP contribution in [0.3, 0.4) is 0 Å². The lowest BCUT2D eigenvalue weighted by Crippen LogP contribution is -2.24. The number of ether oxygens (including phenoxy) is 1. The summed E-state index contributed by atoms with van der Waals surface area (Å²) in [5.74, 6) is 0.341. The van der Waals surface area contributed by atoms with Crippen LogP contribution >= 0.6 is 0 Å². The van der Waals surface area contributed by atoms with Crippen molar-refractivity contribution in [2.75, 3.05) is 25.6 Å². The molecule has 1 aromatic heterocycles. The molecular formula is C16H20N4O2. The largest absolute Gasteiger partial charge is 0.484 e. The number of benzene rings is 1. The predicted molar refractivity (Wildman–Crippen MR) is 87.4 cm³/mol. The molecule has 0 bridgehead atoms. The normalized spacial score (nSPS) is 10.7. The summed E-state index contributed by atoms with van der Waals surface area (Å²) in [5, 5.41) is 3.90. The van der Waals surface area contributed by atoms with Gasteiger partial charge >= 0.3 is 0 Å². The summed E-state index contributed by atoms with van der Waals surface area (Å²) < 4.78 is 7.35. The fourth-order valence-electron chi connectivity index (χ4n) is 1.81. The minimum absolute atomic E-state index is 0.0820. The van der Waals surface area contributed by atoms with Crippen molar-refractivity contribution in [2.24, 2.45) is 12.1 Å². The van der Waals surface area contributed by atoms with Gasteiger partial charge in [0, 0.05) is 39.1 Å². The van der Waals surface area contributed by atoms with E-state index in [0.29, 0.717) is 5.75 Å². The Balaban J connectivity index is 1.82. The summed E-state index contributed by atoms with van der Waals surface area (Å²) in [5.41, 5.74) is 4.35. The molecule has 0 saturated heterocycles. The summed E-state index contributed by atoms with van der Waals surface area (Å²) in [6.45, 7) is -0.0820. The maximum absolute atomic E-state index is 11.7. The molecule has 0 aliphatic rings. The van der Waals surface area contributed by atoms with Crippen LogP contribution in [0.4, 0.5) is 5.69 Å². The number of nitrogens with zero attached hydrogens (tertiary/aromatic N) is 3. The van der Waals surface area contributed by atoms with E-state index in [4.69, 9.17) is 4.74 Å². The van der Waals surface area contributed by atoms with Crippen LogP contribution in [0.1, 0.15) is 5.69 Å². The third-order valence-corrected chi connectivity index (χ3v) is 3.07. The third kappa shape index (κ3) is 4.37. The molecule has 2 rings (SSSR count). The fraction of sp³-hybridized carbons (Fsp3) is 0.250. The fourth-order valence-corrected chi connectivity index (χ4v) is 1.81. The van der Waals surface area contributed by atoms with E-state index in [1.807, 2.05) is 73.2 Å². The number of carbonyl (C=O) groups excluding carboxylic acids is 1. The molecule has 1 aromatic carbocycles. The quantitative estimate of drug-likeness (QED) is 0.651. The number of rotatable bonds is 6. The summed E-state index contributed by atoms with van der Waals surface area (Å²) in [4.78, 5) is 13.7. The van der Waals surface area contributed by atoms with Gasteiger partial charge in [0.15, 0.2) is 6.61 Å². The zero-order chi connectivity index (χ0) is 15.9. The van der Waals surface area contributed by atoms with Crippen molar-refractivity contribution in [1.82, 2.24) is 9.99 Å². The average molecular weight is 300 g/mol. The van der Waals surface area contributed by atoms with Crippen LogP contribution in [0.5, 0.6) is 5.75 Å². The second kappa shape index (κ2) is 7.31. The molecule has 0 aliphatic heterocycles. The van der Waals surface area contributed by atoms with Crippen molar-refractivity contribution < 1.29 is 9.53 Å². The predicted octanol–water partition coefficient (Wildman–Crippen LogP) is 1.62. The van der Waals surface area contributed by atoms with Crippen molar-refractivity contribution in [3.05, 3.63) is 48.3 Å². The molecular weight excluding hydrogens is 280 g/mol. The molecule has 22 heavy (non-hydrogen) atoms. The highest BCUT2D eigenvalue weighted by Gasteiger charge is 2.03. The SMILES string of the molecule is CN(C)c1cccc(OCC(=O)N/N=C/c2cccn2C)c1. The molecule has 0 spiro atoms. The molecule has 0 aliphatic carbocycles. The van der Waals surface area contributed by atoms with E-state index in [0.717, 1.165) is 11.4 Å². The van der Waals surface area contributed by atoms with Gasteiger partial charge in [-0.3, -0.25) is 4.79 Å². The van der Waals surface area contributed by atoms with Crippen LogP contribution in [-0.2, 0) is 11.8 Å². The highest BCUT2D eigenvalue weighted by Crippen LogP contribution is 2.18. The Kier molecular flexibility index (Phi) is 5.19. The van der Waals surface area contributed by atoms with Crippen LogP contribution in [0, 0.1) is 0 Å². The van der Waals surface area contributed by atoms with E-state index in [1.54, 1.807) is 6.21 Å². The summed E-state index contributed by atoms with van der Waals surface area (Å²) >= 11 is 0. The molecule has 6 heteroatoms. The van der Waals surface area contributed by atoms with Crippen molar-refractivity contribution in [3.8, 4) is 5.75 Å². The average Bonchev–Trinajstić information content (AvgIpc) is 2.91. The monoisotopic (exact) mass is 300 g/mol. The Morgan fingerprint density at radius 1 is 1.36 bits per heavy atom. The van der Waals surface area contributed by atoms with E-state index in [1.165, 1.54) is 0 Å². The molecule has 0 unspecified atom stereocenters. The Bertz CT molecular complexity index is 662. The number of hydrogen-bond acceptors (Lipinski definition) is 4. The molecule has 116 valence electrons. The second-order valence-electron chi connectivity index (χ2n) is 5.02. The smallest absolute Gasteiger partial charge is 0.277 e. The van der Waals surface area contributed by atoms with Gasteiger partial charge in [-0.15, -0.1) is 0 Å². The summed E-state index contributed by atoms with van der Waals surface area (Å²) in [6, 6.07) is 11.4. The number of carbonyl (C=O) groups is 1. The Labute approximate surface area is 130 Å². The molecule has 1 amide bonds. The van der Waals surface area contributed by atoms with Gasteiger partial charge in [-0.05, 0) is 24.3 Å². The van der Waals surface area contributed by atoms with Crippen LogP contribution < -0.4 is 15.1 Å². The first-order valence-corrected chi connectivity index (χ1v) is 6.89. The molecule has 6 nitrogen and oxygen atoms in total. The van der Waals surface area contributed by atoms with Gasteiger partial charge in [-0.25, -0.2) is 5.43 Å². The Morgan fingerprint density at radius 2 is 2.18 bits per heavy atom. The molecule has 0 saturated carbocycles. The van der Waals surface area contributed by atoms with Crippen molar-refractivity contribution in [2.45, 2.75) is 0 Å². The molecule has 1 N–H and O–H groups in total. The van der Waals surface area contributed by atoms with E-state index in [2.05, 4.69) is 10.5 Å². The summed E-state index contributed by atoms with van der Waals surface area (Å²) in [7, 11) is 5.80. The maximum atomic E-state index is 11.7. The molecule has 0 atom stereocenters. The molecule has 0 radical (unpaired) electrons. The van der Waals surface area contributed by atoms with E-state index >= 15 is 0 Å². The molecule has 2 aromatic rings. The maximum Gasteiger partial charge on any atom is 0.277 e. The zero-order valence-corrected chi connectivity index (χ0v) is 13.0. The lowest BCUT2D eigenvalue weighted by atomic mass is 10.3. The lowest BCUT2D eigenvalue weighted by molar-refractivity contribution is -0.123. The van der Waals surface area contributed by atoms with E-state index in [9.17, 15) is 4.79 Å². The number of aromatic nitrogens is 1. The minimum atomic E-state index is -0.305. The highest BCUT2D eigenvalue weighted by atomic mass is 16.5. The first-order valence-electron chi connectivity index (χ1n) is 6.89. The van der Waals surface area contributed by atoms with Gasteiger partial charge in [-0.2, -0.15) is 5.10 Å².